The molecule has 0 radical (unpaired) electrons. The molecule has 2 rings (SSSR count). The Hall–Kier alpha value is -1.42. The largest absolute Gasteiger partial charge is 0.348 e. The van der Waals surface area contributed by atoms with Crippen LogP contribution in [0.4, 0.5) is 5.69 Å². The number of nitrogens with one attached hydrogen (secondary N) is 1. The highest BCUT2D eigenvalue weighted by atomic mass is 32.1. The number of aryl methyl sites for hydroxylation is 1. The Morgan fingerprint density at radius 3 is 2.25 bits per heavy atom. The van der Waals surface area contributed by atoms with Crippen LogP contribution in [0.1, 0.15) is 19.4 Å². The maximum absolute atomic E-state index is 12.1. The van der Waals surface area contributed by atoms with Crippen LogP contribution >= 0.6 is 12.2 Å². The minimum atomic E-state index is -0.609. The van der Waals surface area contributed by atoms with Crippen LogP contribution < -0.4 is 10.2 Å². The van der Waals surface area contributed by atoms with E-state index >= 15 is 0 Å². The van der Waals surface area contributed by atoms with Gasteiger partial charge in [-0.15, -0.1) is 0 Å². The first-order valence-electron chi connectivity index (χ1n) is 5.15. The molecule has 0 saturated carbocycles. The monoisotopic (exact) mass is 234 g/mol. The molecule has 0 unspecified atom stereocenters. The summed E-state index contributed by atoms with van der Waals surface area (Å²) in [5, 5.41) is 3.49. The number of amides is 1. The first-order valence-corrected chi connectivity index (χ1v) is 5.56. The van der Waals surface area contributed by atoms with Crippen LogP contribution in [0, 0.1) is 6.92 Å². The van der Waals surface area contributed by atoms with Crippen molar-refractivity contribution < 1.29 is 4.79 Å². The highest BCUT2D eigenvalue weighted by molar-refractivity contribution is 7.80. The molecule has 1 aliphatic heterocycles. The Morgan fingerprint density at radius 1 is 1.25 bits per heavy atom. The maximum atomic E-state index is 12.1. The van der Waals surface area contributed by atoms with Gasteiger partial charge >= 0.3 is 0 Å². The SMILES string of the molecule is Cc1ccc(N2C(=O)C(C)(C)NC2=S)cc1. The molecule has 0 aromatic heterocycles. The Morgan fingerprint density at radius 2 is 1.81 bits per heavy atom. The summed E-state index contributed by atoms with van der Waals surface area (Å²) in [6.45, 7) is 5.67. The lowest BCUT2D eigenvalue weighted by atomic mass is 10.1. The highest BCUT2D eigenvalue weighted by Crippen LogP contribution is 2.24. The van der Waals surface area contributed by atoms with E-state index in [9.17, 15) is 4.79 Å². The summed E-state index contributed by atoms with van der Waals surface area (Å²) < 4.78 is 0. The summed E-state index contributed by atoms with van der Waals surface area (Å²) in [5.41, 5.74) is 1.37. The topological polar surface area (TPSA) is 32.3 Å². The van der Waals surface area contributed by atoms with E-state index in [1.165, 1.54) is 0 Å². The minimum absolute atomic E-state index is 0.0126. The smallest absolute Gasteiger partial charge is 0.258 e. The molecule has 0 atom stereocenters. The van der Waals surface area contributed by atoms with E-state index in [1.54, 1.807) is 4.90 Å². The predicted octanol–water partition coefficient (Wildman–Crippen LogP) is 1.99. The van der Waals surface area contributed by atoms with Gasteiger partial charge in [0.25, 0.3) is 5.91 Å². The fraction of sp³-hybridized carbons (Fsp3) is 0.333. The number of hydrogen-bond donors (Lipinski definition) is 1. The molecular formula is C12H14N2OS. The van der Waals surface area contributed by atoms with Gasteiger partial charge < -0.3 is 5.32 Å². The number of benzene rings is 1. The minimum Gasteiger partial charge on any atom is -0.348 e. The van der Waals surface area contributed by atoms with Gasteiger partial charge in [0.1, 0.15) is 5.54 Å². The number of rotatable bonds is 1. The van der Waals surface area contributed by atoms with E-state index in [1.807, 2.05) is 45.0 Å². The average Bonchev–Trinajstić information content (AvgIpc) is 2.39. The van der Waals surface area contributed by atoms with Crippen molar-refractivity contribution in [2.45, 2.75) is 26.3 Å². The number of thiocarbonyl (C=S) groups is 1. The first-order chi connectivity index (χ1) is 7.42. The van der Waals surface area contributed by atoms with Gasteiger partial charge in [0.15, 0.2) is 5.11 Å². The van der Waals surface area contributed by atoms with Gasteiger partial charge in [0.05, 0.1) is 5.69 Å². The van der Waals surface area contributed by atoms with Gasteiger partial charge in [-0.25, -0.2) is 0 Å². The summed E-state index contributed by atoms with van der Waals surface area (Å²) in [7, 11) is 0. The van der Waals surface area contributed by atoms with E-state index in [-0.39, 0.29) is 5.91 Å². The molecule has 4 heteroatoms. The van der Waals surface area contributed by atoms with Crippen molar-refractivity contribution in [2.24, 2.45) is 0 Å². The van der Waals surface area contributed by atoms with Gasteiger partial charge in [-0.3, -0.25) is 9.69 Å². The summed E-state index contributed by atoms with van der Waals surface area (Å²) in [6, 6.07) is 7.75. The van der Waals surface area contributed by atoms with E-state index in [0.29, 0.717) is 5.11 Å². The van der Waals surface area contributed by atoms with E-state index in [0.717, 1.165) is 11.3 Å². The van der Waals surface area contributed by atoms with Crippen molar-refractivity contribution >= 4 is 28.9 Å². The molecule has 84 valence electrons. The van der Waals surface area contributed by atoms with Crippen molar-refractivity contribution in [1.82, 2.24) is 5.32 Å². The lowest BCUT2D eigenvalue weighted by molar-refractivity contribution is -0.120. The molecule has 0 bridgehead atoms. The molecule has 1 heterocycles. The molecule has 1 aliphatic rings. The van der Waals surface area contributed by atoms with Gasteiger partial charge in [0.2, 0.25) is 0 Å². The molecular weight excluding hydrogens is 220 g/mol. The molecule has 1 saturated heterocycles. The van der Waals surface area contributed by atoms with Crippen LogP contribution in [0.15, 0.2) is 24.3 Å². The fourth-order valence-corrected chi connectivity index (χ4v) is 2.12. The standard InChI is InChI=1S/C12H14N2OS/c1-8-4-6-9(7-5-8)14-10(15)12(2,3)13-11(14)16/h4-7H,1-3H3,(H,13,16). The third-order valence-electron chi connectivity index (χ3n) is 2.65. The van der Waals surface area contributed by atoms with Gasteiger partial charge in [-0.1, -0.05) is 17.7 Å². The lowest BCUT2D eigenvalue weighted by Gasteiger charge is -2.17. The maximum Gasteiger partial charge on any atom is 0.258 e. The summed E-state index contributed by atoms with van der Waals surface area (Å²) in [5.74, 6) is -0.0126. The van der Waals surface area contributed by atoms with E-state index in [2.05, 4.69) is 5.32 Å². The summed E-state index contributed by atoms with van der Waals surface area (Å²) in [6.07, 6.45) is 0. The second-order valence-electron chi connectivity index (χ2n) is 4.53. The molecule has 1 aromatic carbocycles. The number of hydrogen-bond acceptors (Lipinski definition) is 2. The van der Waals surface area contributed by atoms with Crippen molar-refractivity contribution in [1.29, 1.82) is 0 Å². The molecule has 16 heavy (non-hydrogen) atoms. The van der Waals surface area contributed by atoms with E-state index < -0.39 is 5.54 Å². The molecule has 3 nitrogen and oxygen atoms in total. The zero-order valence-electron chi connectivity index (χ0n) is 9.57. The number of nitrogens with zero attached hydrogens (tertiary/aromatic N) is 1. The third-order valence-corrected chi connectivity index (χ3v) is 2.94. The second kappa shape index (κ2) is 3.56. The number of anilines is 1. The van der Waals surface area contributed by atoms with Crippen LogP contribution in [0.25, 0.3) is 0 Å². The van der Waals surface area contributed by atoms with Crippen molar-refractivity contribution in [3.8, 4) is 0 Å². The highest BCUT2D eigenvalue weighted by Gasteiger charge is 2.42. The van der Waals surface area contributed by atoms with Gasteiger partial charge in [-0.05, 0) is 45.1 Å². The molecule has 1 aromatic rings. The van der Waals surface area contributed by atoms with Crippen LogP contribution in [0.5, 0.6) is 0 Å². The quantitative estimate of drug-likeness (QED) is 0.754. The fourth-order valence-electron chi connectivity index (χ4n) is 1.68. The van der Waals surface area contributed by atoms with Gasteiger partial charge in [-0.2, -0.15) is 0 Å². The van der Waals surface area contributed by atoms with Crippen molar-refractivity contribution in [2.75, 3.05) is 4.90 Å². The zero-order valence-corrected chi connectivity index (χ0v) is 10.4. The van der Waals surface area contributed by atoms with Crippen molar-refractivity contribution in [3.63, 3.8) is 0 Å². The Bertz CT molecular complexity index is 451. The molecule has 0 aliphatic carbocycles. The van der Waals surface area contributed by atoms with Crippen LogP contribution in [-0.4, -0.2) is 16.6 Å². The van der Waals surface area contributed by atoms with Gasteiger partial charge in [0, 0.05) is 0 Å². The second-order valence-corrected chi connectivity index (χ2v) is 4.92. The normalized spacial score (nSPS) is 18.8. The molecule has 1 fully saturated rings. The Kier molecular flexibility index (Phi) is 2.46. The zero-order chi connectivity index (χ0) is 11.9. The Balaban J connectivity index is 2.39. The number of carbonyl (C=O) groups is 1. The summed E-state index contributed by atoms with van der Waals surface area (Å²) in [4.78, 5) is 13.6. The Labute approximate surface area is 100 Å². The average molecular weight is 234 g/mol. The molecule has 0 spiro atoms. The lowest BCUT2D eigenvalue weighted by Crippen LogP contribution is -2.40. The predicted molar refractivity (Wildman–Crippen MR) is 68.5 cm³/mol. The van der Waals surface area contributed by atoms with Crippen LogP contribution in [0.3, 0.4) is 0 Å². The van der Waals surface area contributed by atoms with Crippen molar-refractivity contribution in [3.05, 3.63) is 29.8 Å². The van der Waals surface area contributed by atoms with Crippen LogP contribution in [0.2, 0.25) is 0 Å². The molecule has 1 amide bonds. The third kappa shape index (κ3) is 1.69. The van der Waals surface area contributed by atoms with E-state index in [4.69, 9.17) is 12.2 Å². The molecule has 1 N–H and O–H groups in total. The summed E-state index contributed by atoms with van der Waals surface area (Å²) >= 11 is 5.18. The van der Waals surface area contributed by atoms with Crippen LogP contribution in [-0.2, 0) is 4.79 Å². The number of carbonyl (C=O) groups excluding carboxylic acids is 1. The first kappa shape index (κ1) is 11.1.